The molecule has 0 saturated heterocycles. The van der Waals surface area contributed by atoms with Crippen LogP contribution in [0.2, 0.25) is 0 Å². The smallest absolute Gasteiger partial charge is 0.263 e. The number of carbonyl (C=O) groups excluding carboxylic acids is 1. The van der Waals surface area contributed by atoms with E-state index >= 15 is 0 Å². The molecule has 1 amide bonds. The van der Waals surface area contributed by atoms with Crippen molar-refractivity contribution in [3.63, 3.8) is 0 Å². The van der Waals surface area contributed by atoms with Gasteiger partial charge in [-0.15, -0.1) is 11.3 Å². The van der Waals surface area contributed by atoms with Gasteiger partial charge in [0.15, 0.2) is 0 Å². The number of anilines is 1. The predicted molar refractivity (Wildman–Crippen MR) is 70.4 cm³/mol. The number of nitrogens with zero attached hydrogens (tertiary/aromatic N) is 2. The minimum atomic E-state index is -0.0926. The summed E-state index contributed by atoms with van der Waals surface area (Å²) in [4.78, 5) is 13.4. The highest BCUT2D eigenvalue weighted by Gasteiger charge is 2.20. The number of nitrogens with two attached hydrogens (primary N) is 1. The first kappa shape index (κ1) is 11.9. The van der Waals surface area contributed by atoms with Gasteiger partial charge in [0, 0.05) is 13.6 Å². The van der Waals surface area contributed by atoms with E-state index in [1.165, 1.54) is 11.3 Å². The van der Waals surface area contributed by atoms with Crippen LogP contribution in [0.5, 0.6) is 0 Å². The van der Waals surface area contributed by atoms with Crippen LogP contribution in [0.3, 0.4) is 0 Å². The topological polar surface area (TPSA) is 72.9 Å². The van der Waals surface area contributed by atoms with Crippen LogP contribution in [0.4, 0.5) is 5.69 Å². The molecule has 2 rings (SSSR count). The van der Waals surface area contributed by atoms with Crippen LogP contribution in [-0.4, -0.2) is 22.2 Å². The molecule has 0 aliphatic heterocycles. The zero-order valence-electron chi connectivity index (χ0n) is 10.2. The second kappa shape index (κ2) is 4.37. The molecule has 0 aliphatic rings. The highest BCUT2D eigenvalue weighted by Crippen LogP contribution is 2.35. The molecular weight excluding hydrogens is 236 g/mol. The van der Waals surface area contributed by atoms with Crippen molar-refractivity contribution in [3.05, 3.63) is 10.6 Å². The van der Waals surface area contributed by atoms with Gasteiger partial charge in [0.05, 0.1) is 16.8 Å². The second-order valence-corrected chi connectivity index (χ2v) is 4.99. The first-order valence-electron chi connectivity index (χ1n) is 5.56. The zero-order chi connectivity index (χ0) is 12.6. The third kappa shape index (κ3) is 1.88. The SMILES string of the molecule is CCCNC(=O)c1sc2c(c(C)nn2C)c1N. The fraction of sp³-hybridized carbons (Fsp3) is 0.455. The number of hydrogen-bond donors (Lipinski definition) is 2. The number of rotatable bonds is 3. The number of hydrogen-bond acceptors (Lipinski definition) is 4. The van der Waals surface area contributed by atoms with Crippen molar-refractivity contribution in [2.75, 3.05) is 12.3 Å². The lowest BCUT2D eigenvalue weighted by atomic mass is 10.2. The van der Waals surface area contributed by atoms with Crippen molar-refractivity contribution < 1.29 is 4.79 Å². The monoisotopic (exact) mass is 252 g/mol. The van der Waals surface area contributed by atoms with Crippen molar-refractivity contribution in [2.24, 2.45) is 7.05 Å². The summed E-state index contributed by atoms with van der Waals surface area (Å²) in [6.07, 6.45) is 0.914. The van der Waals surface area contributed by atoms with Crippen LogP contribution < -0.4 is 11.1 Å². The number of amides is 1. The molecule has 0 saturated carbocycles. The maximum atomic E-state index is 11.9. The number of aryl methyl sites for hydroxylation is 2. The van der Waals surface area contributed by atoms with E-state index in [9.17, 15) is 4.79 Å². The average molecular weight is 252 g/mol. The number of nitrogen functional groups attached to an aromatic ring is 1. The number of carbonyl (C=O) groups is 1. The van der Waals surface area contributed by atoms with Crippen LogP contribution in [0.15, 0.2) is 0 Å². The van der Waals surface area contributed by atoms with Crippen LogP contribution in [0, 0.1) is 6.92 Å². The Kier molecular flexibility index (Phi) is 3.06. The lowest BCUT2D eigenvalue weighted by molar-refractivity contribution is 0.0958. The summed E-state index contributed by atoms with van der Waals surface area (Å²) in [7, 11) is 1.86. The first-order valence-corrected chi connectivity index (χ1v) is 6.37. The van der Waals surface area contributed by atoms with Gasteiger partial charge < -0.3 is 11.1 Å². The van der Waals surface area contributed by atoms with E-state index in [1.54, 1.807) is 4.68 Å². The van der Waals surface area contributed by atoms with Crippen molar-refractivity contribution in [1.82, 2.24) is 15.1 Å². The van der Waals surface area contributed by atoms with Crippen LogP contribution in [0.25, 0.3) is 10.2 Å². The molecule has 17 heavy (non-hydrogen) atoms. The zero-order valence-corrected chi connectivity index (χ0v) is 11.0. The molecule has 0 radical (unpaired) electrons. The fourth-order valence-electron chi connectivity index (χ4n) is 1.82. The molecule has 2 heterocycles. The number of aromatic nitrogens is 2. The highest BCUT2D eigenvalue weighted by molar-refractivity contribution is 7.21. The summed E-state index contributed by atoms with van der Waals surface area (Å²) in [5.41, 5.74) is 7.43. The maximum absolute atomic E-state index is 11.9. The molecule has 0 bridgehead atoms. The van der Waals surface area contributed by atoms with Crippen LogP contribution >= 0.6 is 11.3 Å². The van der Waals surface area contributed by atoms with Crippen molar-refractivity contribution >= 4 is 33.1 Å². The molecule has 6 heteroatoms. The van der Waals surface area contributed by atoms with Crippen molar-refractivity contribution in [3.8, 4) is 0 Å². The van der Waals surface area contributed by atoms with E-state index in [2.05, 4.69) is 10.4 Å². The Morgan fingerprint density at radius 2 is 2.29 bits per heavy atom. The molecule has 0 fully saturated rings. The van der Waals surface area contributed by atoms with Gasteiger partial charge in [-0.3, -0.25) is 9.48 Å². The summed E-state index contributed by atoms with van der Waals surface area (Å²) >= 11 is 1.39. The van der Waals surface area contributed by atoms with E-state index in [0.29, 0.717) is 17.1 Å². The van der Waals surface area contributed by atoms with Gasteiger partial charge in [0.1, 0.15) is 9.71 Å². The molecule has 0 spiro atoms. The number of nitrogens with one attached hydrogen (secondary N) is 1. The van der Waals surface area contributed by atoms with Gasteiger partial charge >= 0.3 is 0 Å². The van der Waals surface area contributed by atoms with Crippen LogP contribution in [-0.2, 0) is 7.05 Å². The molecule has 0 unspecified atom stereocenters. The quantitative estimate of drug-likeness (QED) is 0.872. The summed E-state index contributed by atoms with van der Waals surface area (Å²) in [5, 5.41) is 8.03. The molecule has 2 aromatic heterocycles. The van der Waals surface area contributed by atoms with E-state index in [-0.39, 0.29) is 5.91 Å². The van der Waals surface area contributed by atoms with Gasteiger partial charge in [-0.25, -0.2) is 0 Å². The normalized spacial score (nSPS) is 11.0. The molecule has 5 nitrogen and oxygen atoms in total. The van der Waals surface area contributed by atoms with Crippen molar-refractivity contribution in [1.29, 1.82) is 0 Å². The number of thiophene rings is 1. The molecule has 2 aromatic rings. The lowest BCUT2D eigenvalue weighted by Crippen LogP contribution is -2.23. The lowest BCUT2D eigenvalue weighted by Gasteiger charge is -2.01. The Bertz CT molecular complexity index is 570. The van der Waals surface area contributed by atoms with Gasteiger partial charge in [-0.1, -0.05) is 6.92 Å². The maximum Gasteiger partial charge on any atom is 0.263 e. The van der Waals surface area contributed by atoms with Crippen molar-refractivity contribution in [2.45, 2.75) is 20.3 Å². The Hall–Kier alpha value is -1.56. The third-order valence-electron chi connectivity index (χ3n) is 2.62. The summed E-state index contributed by atoms with van der Waals surface area (Å²) in [6.45, 7) is 4.59. The second-order valence-electron chi connectivity index (χ2n) is 3.99. The van der Waals surface area contributed by atoms with E-state index in [4.69, 9.17) is 5.73 Å². The Balaban J connectivity index is 2.46. The van der Waals surface area contributed by atoms with E-state index < -0.39 is 0 Å². The molecular formula is C11H16N4OS. The fourth-order valence-corrected chi connectivity index (χ4v) is 2.92. The van der Waals surface area contributed by atoms with E-state index in [0.717, 1.165) is 22.3 Å². The largest absolute Gasteiger partial charge is 0.397 e. The molecule has 3 N–H and O–H groups in total. The van der Waals surface area contributed by atoms with Gasteiger partial charge in [0.25, 0.3) is 5.91 Å². The number of fused-ring (bicyclic) bond motifs is 1. The Labute approximate surface area is 104 Å². The molecule has 0 atom stereocenters. The molecule has 92 valence electrons. The average Bonchev–Trinajstić information content (AvgIpc) is 2.76. The van der Waals surface area contributed by atoms with E-state index in [1.807, 2.05) is 20.9 Å². The predicted octanol–water partition coefficient (Wildman–Crippen LogP) is 1.67. The van der Waals surface area contributed by atoms with Gasteiger partial charge in [-0.05, 0) is 13.3 Å². The minimum absolute atomic E-state index is 0.0926. The van der Waals surface area contributed by atoms with Gasteiger partial charge in [0.2, 0.25) is 0 Å². The summed E-state index contributed by atoms with van der Waals surface area (Å²) in [6, 6.07) is 0. The Morgan fingerprint density at radius 1 is 1.59 bits per heavy atom. The van der Waals surface area contributed by atoms with Crippen LogP contribution in [0.1, 0.15) is 28.7 Å². The Morgan fingerprint density at radius 3 is 2.88 bits per heavy atom. The summed E-state index contributed by atoms with van der Waals surface area (Å²) < 4.78 is 1.77. The highest BCUT2D eigenvalue weighted by atomic mass is 32.1. The van der Waals surface area contributed by atoms with Gasteiger partial charge in [-0.2, -0.15) is 5.10 Å². The molecule has 0 aliphatic carbocycles. The molecule has 0 aromatic carbocycles. The standard InChI is InChI=1S/C11H16N4OS/c1-4-5-13-10(16)9-8(12)7-6(2)14-15(3)11(7)17-9/h4-5,12H2,1-3H3,(H,13,16). The summed E-state index contributed by atoms with van der Waals surface area (Å²) in [5.74, 6) is -0.0926. The first-order chi connectivity index (χ1) is 8.06. The minimum Gasteiger partial charge on any atom is -0.397 e. The third-order valence-corrected chi connectivity index (χ3v) is 3.90.